The lowest BCUT2D eigenvalue weighted by molar-refractivity contribution is -0.142. The van der Waals surface area contributed by atoms with Crippen LogP contribution in [0.4, 0.5) is 8.78 Å². The first-order valence-corrected chi connectivity index (χ1v) is 10.5. The molecule has 1 aromatic carbocycles. The summed E-state index contributed by atoms with van der Waals surface area (Å²) in [4.78, 5) is 28.6. The largest absolute Gasteiger partial charge is 0.457 e. The lowest BCUT2D eigenvalue weighted by Crippen LogP contribution is -2.15. The summed E-state index contributed by atoms with van der Waals surface area (Å²) in [5, 5.41) is 0. The van der Waals surface area contributed by atoms with Crippen LogP contribution in [-0.2, 0) is 27.2 Å². The smallest absolute Gasteiger partial charge is 0.306 e. The molecule has 0 saturated carbocycles. The summed E-state index contributed by atoms with van der Waals surface area (Å²) >= 11 is 0. The molecule has 2 heterocycles. The quantitative estimate of drug-likeness (QED) is 0.239. The van der Waals surface area contributed by atoms with Gasteiger partial charge in [-0.1, -0.05) is 0 Å². The molecule has 0 saturated heterocycles. The number of nitrogens with zero attached hydrogens (tertiary/aromatic N) is 2. The topological polar surface area (TPSA) is 83.6 Å². The second-order valence-electron chi connectivity index (χ2n) is 7.61. The molecule has 2 aromatic heterocycles. The van der Waals surface area contributed by atoms with Crippen LogP contribution in [0.5, 0.6) is 0 Å². The molecule has 0 spiro atoms. The first kappa shape index (κ1) is 24.3. The summed E-state index contributed by atoms with van der Waals surface area (Å²) in [6.45, 7) is 4.78. The number of carbonyl (C=O) groups excluding carboxylic acids is 2. The Balaban J connectivity index is 1.51. The number of esters is 1. The van der Waals surface area contributed by atoms with Gasteiger partial charge in [0.1, 0.15) is 11.6 Å². The molecule has 3 rings (SSSR count). The first-order chi connectivity index (χ1) is 15.8. The molecule has 0 amide bonds. The highest BCUT2D eigenvalue weighted by atomic mass is 19.1. The zero-order valence-electron chi connectivity index (χ0n) is 18.8. The maximum Gasteiger partial charge on any atom is 0.306 e. The molecule has 0 aliphatic rings. The third kappa shape index (κ3) is 6.13. The van der Waals surface area contributed by atoms with E-state index in [9.17, 15) is 18.4 Å². The van der Waals surface area contributed by atoms with E-state index in [1.165, 1.54) is 12.3 Å². The van der Waals surface area contributed by atoms with Crippen LogP contribution in [0, 0.1) is 25.5 Å². The first-order valence-electron chi connectivity index (χ1n) is 10.5. The standard InChI is InChI=1S/C24H26F2N2O5/c1-15-11-19(16(2)28(15)9-4-10-31-3)21(29)14-32-24(30)8-7-23-27-13-22(33-23)18-6-5-17(25)12-20(18)26/h5-6,11-13H,4,7-10,14H2,1-3H3. The Kier molecular flexibility index (Phi) is 8.11. The third-order valence-electron chi connectivity index (χ3n) is 5.26. The number of methoxy groups -OCH3 is 1. The fourth-order valence-corrected chi connectivity index (χ4v) is 3.54. The molecule has 0 aliphatic heterocycles. The van der Waals surface area contributed by atoms with Crippen molar-refractivity contribution in [3.63, 3.8) is 0 Å². The lowest BCUT2D eigenvalue weighted by atomic mass is 10.1. The molecular formula is C24H26F2N2O5. The normalized spacial score (nSPS) is 11.1. The molecule has 0 bridgehead atoms. The van der Waals surface area contributed by atoms with E-state index in [4.69, 9.17) is 13.9 Å². The van der Waals surface area contributed by atoms with Crippen LogP contribution < -0.4 is 0 Å². The molecule has 0 radical (unpaired) electrons. The van der Waals surface area contributed by atoms with E-state index in [0.29, 0.717) is 12.2 Å². The van der Waals surface area contributed by atoms with Gasteiger partial charge in [-0.05, 0) is 38.5 Å². The Hall–Kier alpha value is -3.33. The highest BCUT2D eigenvalue weighted by Crippen LogP contribution is 2.24. The Labute approximate surface area is 190 Å². The number of aromatic nitrogens is 2. The van der Waals surface area contributed by atoms with E-state index in [1.807, 2.05) is 18.4 Å². The molecule has 0 atom stereocenters. The van der Waals surface area contributed by atoms with Gasteiger partial charge in [0.15, 0.2) is 18.3 Å². The maximum atomic E-state index is 13.9. The van der Waals surface area contributed by atoms with Crippen molar-refractivity contribution in [1.82, 2.24) is 9.55 Å². The molecule has 3 aromatic rings. The number of hydrogen-bond donors (Lipinski definition) is 0. The average molecular weight is 460 g/mol. The van der Waals surface area contributed by atoms with Gasteiger partial charge in [-0.3, -0.25) is 9.59 Å². The summed E-state index contributed by atoms with van der Waals surface area (Å²) in [6.07, 6.45) is 2.19. The van der Waals surface area contributed by atoms with Crippen molar-refractivity contribution in [1.29, 1.82) is 0 Å². The van der Waals surface area contributed by atoms with Crippen molar-refractivity contribution >= 4 is 11.8 Å². The van der Waals surface area contributed by atoms with Crippen molar-refractivity contribution in [3.05, 3.63) is 64.9 Å². The number of benzene rings is 1. The second-order valence-corrected chi connectivity index (χ2v) is 7.61. The van der Waals surface area contributed by atoms with Crippen LogP contribution in [0.25, 0.3) is 11.3 Å². The number of ether oxygens (including phenoxy) is 2. The lowest BCUT2D eigenvalue weighted by Gasteiger charge is -2.09. The van der Waals surface area contributed by atoms with Gasteiger partial charge >= 0.3 is 5.97 Å². The van der Waals surface area contributed by atoms with Gasteiger partial charge in [0.25, 0.3) is 0 Å². The van der Waals surface area contributed by atoms with Crippen LogP contribution in [0.3, 0.4) is 0 Å². The molecule has 0 aliphatic carbocycles. The minimum Gasteiger partial charge on any atom is -0.457 e. The van der Waals surface area contributed by atoms with Gasteiger partial charge in [0, 0.05) is 49.7 Å². The number of Topliss-reactive ketones (excluding diaryl/α,β-unsaturated/α-hetero) is 1. The van der Waals surface area contributed by atoms with Crippen LogP contribution in [0.2, 0.25) is 0 Å². The predicted octanol–water partition coefficient (Wildman–Crippen LogP) is 4.43. The Morgan fingerprint density at radius 3 is 2.70 bits per heavy atom. The van der Waals surface area contributed by atoms with E-state index >= 15 is 0 Å². The fourth-order valence-electron chi connectivity index (χ4n) is 3.54. The van der Waals surface area contributed by atoms with Gasteiger partial charge in [0.2, 0.25) is 5.78 Å². The number of aryl methyl sites for hydroxylation is 2. The van der Waals surface area contributed by atoms with Crippen molar-refractivity contribution in [2.24, 2.45) is 0 Å². The van der Waals surface area contributed by atoms with Gasteiger partial charge in [0.05, 0.1) is 18.2 Å². The monoisotopic (exact) mass is 460 g/mol. The summed E-state index contributed by atoms with van der Waals surface area (Å²) < 4.78 is 44.6. The highest BCUT2D eigenvalue weighted by molar-refractivity contribution is 5.99. The van der Waals surface area contributed by atoms with Crippen LogP contribution in [0.15, 0.2) is 34.9 Å². The van der Waals surface area contributed by atoms with Crippen molar-refractivity contribution in [3.8, 4) is 11.3 Å². The second kappa shape index (κ2) is 11.0. The SMILES string of the molecule is COCCCn1c(C)cc(C(=O)COC(=O)CCc2ncc(-c3ccc(F)cc3F)o2)c1C. The molecule has 33 heavy (non-hydrogen) atoms. The summed E-state index contributed by atoms with van der Waals surface area (Å²) in [7, 11) is 1.64. The Bertz CT molecular complexity index is 1140. The Morgan fingerprint density at radius 1 is 1.18 bits per heavy atom. The predicted molar refractivity (Wildman–Crippen MR) is 116 cm³/mol. The van der Waals surface area contributed by atoms with Crippen LogP contribution in [0.1, 0.15) is 40.5 Å². The molecule has 7 nitrogen and oxygen atoms in total. The molecule has 0 unspecified atom stereocenters. The Morgan fingerprint density at radius 2 is 1.97 bits per heavy atom. The number of hydrogen-bond acceptors (Lipinski definition) is 6. The van der Waals surface area contributed by atoms with Crippen molar-refractivity contribution < 1.29 is 32.3 Å². The van der Waals surface area contributed by atoms with Gasteiger partial charge in [-0.25, -0.2) is 13.8 Å². The van der Waals surface area contributed by atoms with Gasteiger partial charge in [-0.2, -0.15) is 0 Å². The fraction of sp³-hybridized carbons (Fsp3) is 0.375. The van der Waals surface area contributed by atoms with Gasteiger partial charge in [-0.15, -0.1) is 0 Å². The van der Waals surface area contributed by atoms with Crippen molar-refractivity contribution in [2.75, 3.05) is 20.3 Å². The minimum absolute atomic E-state index is 0.0603. The third-order valence-corrected chi connectivity index (χ3v) is 5.26. The number of carbonyl (C=O) groups is 2. The zero-order chi connectivity index (χ0) is 24.0. The summed E-state index contributed by atoms with van der Waals surface area (Å²) in [6, 6.07) is 4.92. The molecule has 9 heteroatoms. The van der Waals surface area contributed by atoms with Crippen LogP contribution >= 0.6 is 0 Å². The molecule has 0 fully saturated rings. The summed E-state index contributed by atoms with van der Waals surface area (Å²) in [5.74, 6) is -1.98. The van der Waals surface area contributed by atoms with Crippen LogP contribution in [-0.4, -0.2) is 41.6 Å². The number of oxazole rings is 1. The van der Waals surface area contributed by atoms with E-state index in [-0.39, 0.29) is 42.4 Å². The van der Waals surface area contributed by atoms with E-state index < -0.39 is 17.6 Å². The average Bonchev–Trinajstić information content (AvgIpc) is 3.36. The molecule has 0 N–H and O–H groups in total. The number of halogens is 2. The summed E-state index contributed by atoms with van der Waals surface area (Å²) in [5.41, 5.74) is 2.38. The number of ketones is 1. The molecule has 176 valence electrons. The van der Waals surface area contributed by atoms with Crippen molar-refractivity contribution in [2.45, 2.75) is 39.7 Å². The number of rotatable bonds is 11. The van der Waals surface area contributed by atoms with Gasteiger partial charge < -0.3 is 18.5 Å². The minimum atomic E-state index is -0.770. The van der Waals surface area contributed by atoms with E-state index in [1.54, 1.807) is 13.2 Å². The molecular weight excluding hydrogens is 434 g/mol. The zero-order valence-corrected chi connectivity index (χ0v) is 18.8. The van der Waals surface area contributed by atoms with E-state index in [2.05, 4.69) is 4.98 Å². The van der Waals surface area contributed by atoms with E-state index in [0.717, 1.165) is 36.5 Å². The highest BCUT2D eigenvalue weighted by Gasteiger charge is 2.18. The maximum absolute atomic E-state index is 13.9.